The highest BCUT2D eigenvalue weighted by molar-refractivity contribution is 6.32. The zero-order valence-electron chi connectivity index (χ0n) is 12.5. The molecule has 1 aromatic carbocycles. The van der Waals surface area contributed by atoms with Crippen molar-refractivity contribution in [2.24, 2.45) is 0 Å². The summed E-state index contributed by atoms with van der Waals surface area (Å²) in [5.41, 5.74) is 2.45. The first-order valence-electron chi connectivity index (χ1n) is 7.20. The Hall–Kier alpha value is -1.58. The monoisotopic (exact) mass is 304 g/mol. The van der Waals surface area contributed by atoms with Gasteiger partial charge in [-0.1, -0.05) is 30.7 Å². The first kappa shape index (κ1) is 15.8. The normalized spacial score (nSPS) is 12.1. The SMILES string of the molecule is CCNC(CCc1cccnc1)c1ccc(Cl)c(OC)c1. The largest absolute Gasteiger partial charge is 0.495 e. The second-order valence-corrected chi connectivity index (χ2v) is 5.31. The van der Waals surface area contributed by atoms with Crippen LogP contribution in [0.15, 0.2) is 42.7 Å². The molecule has 0 spiro atoms. The Morgan fingerprint density at radius 2 is 2.19 bits per heavy atom. The molecule has 1 heterocycles. The molecule has 0 amide bonds. The molecule has 1 N–H and O–H groups in total. The molecule has 2 rings (SSSR count). The van der Waals surface area contributed by atoms with E-state index in [-0.39, 0.29) is 6.04 Å². The van der Waals surface area contributed by atoms with Crippen LogP contribution in [-0.4, -0.2) is 18.6 Å². The highest BCUT2D eigenvalue weighted by atomic mass is 35.5. The number of benzene rings is 1. The topological polar surface area (TPSA) is 34.2 Å². The molecule has 1 atom stereocenters. The van der Waals surface area contributed by atoms with E-state index in [0.29, 0.717) is 5.02 Å². The third kappa shape index (κ3) is 4.45. The van der Waals surface area contributed by atoms with Gasteiger partial charge in [-0.2, -0.15) is 0 Å². The quantitative estimate of drug-likeness (QED) is 0.838. The number of halogens is 1. The van der Waals surface area contributed by atoms with E-state index in [1.807, 2.05) is 24.4 Å². The van der Waals surface area contributed by atoms with Crippen LogP contribution in [0, 0.1) is 0 Å². The summed E-state index contributed by atoms with van der Waals surface area (Å²) in [5, 5.41) is 4.16. The van der Waals surface area contributed by atoms with Crippen molar-refractivity contribution < 1.29 is 4.74 Å². The molecular formula is C17H21ClN2O. The molecule has 0 saturated heterocycles. The fourth-order valence-electron chi connectivity index (χ4n) is 2.38. The van der Waals surface area contributed by atoms with Gasteiger partial charge in [-0.25, -0.2) is 0 Å². The number of pyridine rings is 1. The van der Waals surface area contributed by atoms with E-state index in [1.165, 1.54) is 11.1 Å². The van der Waals surface area contributed by atoms with Crippen molar-refractivity contribution in [3.8, 4) is 5.75 Å². The van der Waals surface area contributed by atoms with Crippen LogP contribution in [-0.2, 0) is 6.42 Å². The van der Waals surface area contributed by atoms with Crippen LogP contribution in [0.2, 0.25) is 5.02 Å². The van der Waals surface area contributed by atoms with Gasteiger partial charge in [0.25, 0.3) is 0 Å². The number of hydrogen-bond acceptors (Lipinski definition) is 3. The molecular weight excluding hydrogens is 284 g/mol. The summed E-state index contributed by atoms with van der Waals surface area (Å²) in [5.74, 6) is 0.721. The van der Waals surface area contributed by atoms with Crippen LogP contribution in [0.5, 0.6) is 5.75 Å². The Labute approximate surface area is 131 Å². The number of aromatic nitrogens is 1. The smallest absolute Gasteiger partial charge is 0.137 e. The lowest BCUT2D eigenvalue weighted by molar-refractivity contribution is 0.412. The zero-order chi connectivity index (χ0) is 15.1. The molecule has 0 aliphatic rings. The first-order valence-corrected chi connectivity index (χ1v) is 7.58. The maximum atomic E-state index is 6.10. The third-order valence-electron chi connectivity index (χ3n) is 3.47. The second kappa shape index (κ2) is 8.01. The van der Waals surface area contributed by atoms with Gasteiger partial charge in [0.1, 0.15) is 5.75 Å². The van der Waals surface area contributed by atoms with E-state index >= 15 is 0 Å². The van der Waals surface area contributed by atoms with Crippen LogP contribution >= 0.6 is 11.6 Å². The number of nitrogens with zero attached hydrogens (tertiary/aromatic N) is 1. The summed E-state index contributed by atoms with van der Waals surface area (Å²) in [6.07, 6.45) is 5.71. The highest BCUT2D eigenvalue weighted by Crippen LogP contribution is 2.29. The lowest BCUT2D eigenvalue weighted by Gasteiger charge is -2.19. The average molecular weight is 305 g/mol. The second-order valence-electron chi connectivity index (χ2n) is 4.90. The summed E-state index contributed by atoms with van der Waals surface area (Å²) < 4.78 is 5.31. The van der Waals surface area contributed by atoms with Crippen molar-refractivity contribution in [1.29, 1.82) is 0 Å². The van der Waals surface area contributed by atoms with Gasteiger partial charge in [0, 0.05) is 18.4 Å². The molecule has 21 heavy (non-hydrogen) atoms. The van der Waals surface area contributed by atoms with Gasteiger partial charge in [0.2, 0.25) is 0 Å². The van der Waals surface area contributed by atoms with Gasteiger partial charge in [-0.3, -0.25) is 4.98 Å². The maximum absolute atomic E-state index is 6.10. The van der Waals surface area contributed by atoms with E-state index in [0.717, 1.165) is 25.1 Å². The van der Waals surface area contributed by atoms with E-state index in [1.54, 1.807) is 13.3 Å². The van der Waals surface area contributed by atoms with Gasteiger partial charge in [-0.05, 0) is 48.7 Å². The van der Waals surface area contributed by atoms with E-state index in [4.69, 9.17) is 16.3 Å². The van der Waals surface area contributed by atoms with Crippen molar-refractivity contribution in [3.05, 3.63) is 58.9 Å². The minimum Gasteiger partial charge on any atom is -0.495 e. The Balaban J connectivity index is 2.11. The predicted octanol–water partition coefficient (Wildman–Crippen LogP) is 4.03. The molecule has 2 aromatic rings. The van der Waals surface area contributed by atoms with Gasteiger partial charge >= 0.3 is 0 Å². The molecule has 112 valence electrons. The fraction of sp³-hybridized carbons (Fsp3) is 0.353. The van der Waals surface area contributed by atoms with E-state index in [2.05, 4.69) is 29.4 Å². The van der Waals surface area contributed by atoms with Crippen molar-refractivity contribution in [2.75, 3.05) is 13.7 Å². The van der Waals surface area contributed by atoms with Crippen molar-refractivity contribution in [1.82, 2.24) is 10.3 Å². The van der Waals surface area contributed by atoms with Crippen molar-refractivity contribution >= 4 is 11.6 Å². The Morgan fingerprint density at radius 1 is 1.33 bits per heavy atom. The van der Waals surface area contributed by atoms with E-state index in [9.17, 15) is 0 Å². The molecule has 0 aliphatic carbocycles. The molecule has 0 aliphatic heterocycles. The molecule has 1 unspecified atom stereocenters. The average Bonchev–Trinajstić information content (AvgIpc) is 2.53. The van der Waals surface area contributed by atoms with Crippen molar-refractivity contribution in [2.45, 2.75) is 25.8 Å². The summed E-state index contributed by atoms with van der Waals surface area (Å²) >= 11 is 6.10. The number of hydrogen-bond donors (Lipinski definition) is 1. The molecule has 1 aromatic heterocycles. The van der Waals surface area contributed by atoms with Gasteiger partial charge < -0.3 is 10.1 Å². The molecule has 3 nitrogen and oxygen atoms in total. The standard InChI is InChI=1S/C17H21ClN2O/c1-3-20-16(9-6-13-5-4-10-19-12-13)14-7-8-15(18)17(11-14)21-2/h4-5,7-8,10-12,16,20H,3,6,9H2,1-2H3. The Kier molecular flexibility index (Phi) is 6.03. The Morgan fingerprint density at radius 3 is 2.86 bits per heavy atom. The third-order valence-corrected chi connectivity index (χ3v) is 3.78. The molecule has 0 saturated carbocycles. The first-order chi connectivity index (χ1) is 10.2. The van der Waals surface area contributed by atoms with Crippen LogP contribution in [0.3, 0.4) is 0 Å². The number of nitrogens with one attached hydrogen (secondary N) is 1. The summed E-state index contributed by atoms with van der Waals surface area (Å²) in [7, 11) is 1.64. The summed E-state index contributed by atoms with van der Waals surface area (Å²) in [4.78, 5) is 4.16. The predicted molar refractivity (Wildman–Crippen MR) is 87.0 cm³/mol. The number of rotatable bonds is 7. The van der Waals surface area contributed by atoms with Crippen LogP contribution in [0.25, 0.3) is 0 Å². The molecule has 0 radical (unpaired) electrons. The number of methoxy groups -OCH3 is 1. The lowest BCUT2D eigenvalue weighted by Crippen LogP contribution is -2.21. The van der Waals surface area contributed by atoms with E-state index < -0.39 is 0 Å². The van der Waals surface area contributed by atoms with Crippen LogP contribution in [0.1, 0.15) is 30.5 Å². The maximum Gasteiger partial charge on any atom is 0.137 e. The minimum atomic E-state index is 0.279. The minimum absolute atomic E-state index is 0.279. The highest BCUT2D eigenvalue weighted by Gasteiger charge is 2.13. The molecule has 0 fully saturated rings. The van der Waals surface area contributed by atoms with Crippen LogP contribution < -0.4 is 10.1 Å². The summed E-state index contributed by atoms with van der Waals surface area (Å²) in [6, 6.07) is 10.3. The number of aryl methyl sites for hydroxylation is 1. The molecule has 0 bridgehead atoms. The van der Waals surface area contributed by atoms with Crippen molar-refractivity contribution in [3.63, 3.8) is 0 Å². The van der Waals surface area contributed by atoms with Gasteiger partial charge in [0.15, 0.2) is 0 Å². The Bertz CT molecular complexity index is 560. The van der Waals surface area contributed by atoms with Gasteiger partial charge in [0.05, 0.1) is 12.1 Å². The van der Waals surface area contributed by atoms with Gasteiger partial charge in [-0.15, -0.1) is 0 Å². The summed E-state index contributed by atoms with van der Waals surface area (Å²) in [6.45, 7) is 3.03. The molecule has 4 heteroatoms. The zero-order valence-corrected chi connectivity index (χ0v) is 13.2. The fourth-order valence-corrected chi connectivity index (χ4v) is 2.58. The lowest BCUT2D eigenvalue weighted by atomic mass is 9.99. The number of ether oxygens (including phenoxy) is 1. The van der Waals surface area contributed by atoms with Crippen LogP contribution in [0.4, 0.5) is 0 Å².